The molecule has 0 saturated carbocycles. The van der Waals surface area contributed by atoms with Gasteiger partial charge in [0.2, 0.25) is 0 Å². The van der Waals surface area contributed by atoms with Crippen LogP contribution in [0.2, 0.25) is 0 Å². The predicted octanol–water partition coefficient (Wildman–Crippen LogP) is 4.08. The number of rotatable bonds is 2. The first-order valence-corrected chi connectivity index (χ1v) is 6.87. The van der Waals surface area contributed by atoms with Gasteiger partial charge >= 0.3 is 0 Å². The van der Waals surface area contributed by atoms with E-state index in [1.54, 1.807) is 6.20 Å². The summed E-state index contributed by atoms with van der Waals surface area (Å²) in [6.07, 6.45) is 1.72. The minimum absolute atomic E-state index is 0.623. The van der Waals surface area contributed by atoms with E-state index in [0.717, 1.165) is 15.7 Å². The molecule has 1 heterocycles. The van der Waals surface area contributed by atoms with Crippen molar-refractivity contribution in [1.82, 2.24) is 4.98 Å². The zero-order chi connectivity index (χ0) is 12.4. The first-order chi connectivity index (χ1) is 8.06. The predicted molar refractivity (Wildman–Crippen MR) is 83.5 cm³/mol. The van der Waals surface area contributed by atoms with E-state index in [4.69, 9.17) is 5.73 Å². The number of hydrogen-bond acceptors (Lipinski definition) is 3. The van der Waals surface area contributed by atoms with E-state index in [0.29, 0.717) is 11.5 Å². The van der Waals surface area contributed by atoms with Gasteiger partial charge in [0.1, 0.15) is 0 Å². The fourth-order valence-corrected chi connectivity index (χ4v) is 2.26. The average Bonchev–Trinajstić information content (AvgIpc) is 2.27. The van der Waals surface area contributed by atoms with Gasteiger partial charge in [-0.3, -0.25) is 0 Å². The second-order valence-electron chi connectivity index (χ2n) is 3.68. The van der Waals surface area contributed by atoms with E-state index in [-0.39, 0.29) is 0 Å². The molecular formula is C12H11BrIN3. The molecule has 1 aromatic carbocycles. The molecule has 2 aromatic rings. The van der Waals surface area contributed by atoms with Crippen LogP contribution in [0.3, 0.4) is 0 Å². The van der Waals surface area contributed by atoms with Gasteiger partial charge in [0.15, 0.2) is 5.82 Å². The molecule has 0 atom stereocenters. The summed E-state index contributed by atoms with van der Waals surface area (Å²) in [5.41, 5.74) is 8.71. The van der Waals surface area contributed by atoms with Gasteiger partial charge < -0.3 is 11.1 Å². The van der Waals surface area contributed by atoms with Gasteiger partial charge in [-0.2, -0.15) is 0 Å². The highest BCUT2D eigenvalue weighted by molar-refractivity contribution is 14.1. The number of hydrogen-bond donors (Lipinski definition) is 2. The number of halogens is 2. The minimum Gasteiger partial charge on any atom is -0.396 e. The molecule has 3 nitrogen and oxygen atoms in total. The molecule has 88 valence electrons. The molecule has 0 aliphatic heterocycles. The maximum atomic E-state index is 5.90. The van der Waals surface area contributed by atoms with Crippen molar-refractivity contribution in [3.8, 4) is 0 Å². The van der Waals surface area contributed by atoms with Crippen molar-refractivity contribution in [2.75, 3.05) is 11.1 Å². The van der Waals surface area contributed by atoms with Gasteiger partial charge in [-0.15, -0.1) is 0 Å². The maximum absolute atomic E-state index is 5.90. The summed E-state index contributed by atoms with van der Waals surface area (Å²) >= 11 is 5.62. The Morgan fingerprint density at radius 3 is 2.82 bits per heavy atom. The van der Waals surface area contributed by atoms with E-state index in [1.165, 1.54) is 3.57 Å². The first kappa shape index (κ1) is 12.6. The molecule has 0 radical (unpaired) electrons. The number of anilines is 3. The third-order valence-corrected chi connectivity index (χ3v) is 3.44. The Morgan fingerprint density at radius 1 is 1.35 bits per heavy atom. The van der Waals surface area contributed by atoms with Gasteiger partial charge in [0, 0.05) is 19.9 Å². The Bertz CT molecular complexity index is 557. The van der Waals surface area contributed by atoms with Gasteiger partial charge in [-0.05, 0) is 69.2 Å². The second-order valence-corrected chi connectivity index (χ2v) is 5.84. The molecule has 0 aliphatic carbocycles. The highest BCUT2D eigenvalue weighted by Crippen LogP contribution is 2.26. The summed E-state index contributed by atoms with van der Waals surface area (Å²) in [5, 5.41) is 3.25. The van der Waals surface area contributed by atoms with Gasteiger partial charge in [0.05, 0.1) is 5.69 Å². The van der Waals surface area contributed by atoms with Crippen LogP contribution in [0.4, 0.5) is 17.2 Å². The lowest BCUT2D eigenvalue weighted by Gasteiger charge is -2.11. The van der Waals surface area contributed by atoms with E-state index in [2.05, 4.69) is 67.0 Å². The summed E-state index contributed by atoms with van der Waals surface area (Å²) in [4.78, 5) is 4.26. The van der Waals surface area contributed by atoms with Crippen LogP contribution in [0.1, 0.15) is 5.56 Å². The number of nitrogens with zero attached hydrogens (tertiary/aromatic N) is 1. The van der Waals surface area contributed by atoms with Crippen molar-refractivity contribution < 1.29 is 0 Å². The number of nitrogens with two attached hydrogens (primary N) is 1. The molecule has 1 aromatic heterocycles. The van der Waals surface area contributed by atoms with E-state index in [1.807, 2.05) is 13.0 Å². The zero-order valence-corrected chi connectivity index (χ0v) is 12.9. The summed E-state index contributed by atoms with van der Waals surface area (Å²) in [5.74, 6) is 0.679. The molecule has 2 rings (SSSR count). The molecule has 0 amide bonds. The normalized spacial score (nSPS) is 10.3. The molecule has 0 aliphatic rings. The Balaban J connectivity index is 2.34. The van der Waals surface area contributed by atoms with Crippen molar-refractivity contribution >= 4 is 55.7 Å². The van der Waals surface area contributed by atoms with E-state index >= 15 is 0 Å². The van der Waals surface area contributed by atoms with Gasteiger partial charge in [-0.1, -0.05) is 6.07 Å². The topological polar surface area (TPSA) is 50.9 Å². The monoisotopic (exact) mass is 403 g/mol. The molecule has 0 bridgehead atoms. The smallest absolute Gasteiger partial charge is 0.153 e. The fourth-order valence-electron chi connectivity index (χ4n) is 1.42. The maximum Gasteiger partial charge on any atom is 0.153 e. The summed E-state index contributed by atoms with van der Waals surface area (Å²) in [6.45, 7) is 2.05. The van der Waals surface area contributed by atoms with Crippen molar-refractivity contribution in [2.45, 2.75) is 6.92 Å². The van der Waals surface area contributed by atoms with Crippen LogP contribution in [0, 0.1) is 10.5 Å². The largest absolute Gasteiger partial charge is 0.396 e. The lowest BCUT2D eigenvalue weighted by Crippen LogP contribution is -2.00. The van der Waals surface area contributed by atoms with Crippen molar-refractivity contribution in [1.29, 1.82) is 0 Å². The van der Waals surface area contributed by atoms with Crippen LogP contribution in [0.25, 0.3) is 0 Å². The number of aromatic nitrogens is 1. The molecule has 3 N–H and O–H groups in total. The number of nitrogen functional groups attached to an aromatic ring is 1. The Morgan fingerprint density at radius 2 is 2.12 bits per heavy atom. The minimum atomic E-state index is 0.623. The number of pyridine rings is 1. The summed E-state index contributed by atoms with van der Waals surface area (Å²) in [6, 6.07) is 8.04. The number of aryl methyl sites for hydroxylation is 1. The van der Waals surface area contributed by atoms with Crippen molar-refractivity contribution in [2.24, 2.45) is 0 Å². The highest BCUT2D eigenvalue weighted by Gasteiger charge is 2.04. The Labute approximate surface area is 122 Å². The Hall–Kier alpha value is -0.820. The zero-order valence-electron chi connectivity index (χ0n) is 9.17. The van der Waals surface area contributed by atoms with Crippen LogP contribution >= 0.6 is 38.5 Å². The van der Waals surface area contributed by atoms with E-state index < -0.39 is 0 Å². The van der Waals surface area contributed by atoms with Crippen molar-refractivity contribution in [3.05, 3.63) is 44.1 Å². The molecule has 5 heteroatoms. The summed E-state index contributed by atoms with van der Waals surface area (Å²) in [7, 11) is 0. The average molecular weight is 404 g/mol. The third kappa shape index (κ3) is 3.10. The highest BCUT2D eigenvalue weighted by atomic mass is 127. The molecule has 0 spiro atoms. The van der Waals surface area contributed by atoms with Crippen LogP contribution in [-0.2, 0) is 0 Å². The summed E-state index contributed by atoms with van der Waals surface area (Å²) < 4.78 is 2.05. The molecular weight excluding hydrogens is 393 g/mol. The van der Waals surface area contributed by atoms with E-state index in [9.17, 15) is 0 Å². The molecule has 17 heavy (non-hydrogen) atoms. The fraction of sp³-hybridized carbons (Fsp3) is 0.0833. The molecule has 0 fully saturated rings. The lowest BCUT2D eigenvalue weighted by atomic mass is 10.2. The quantitative estimate of drug-likeness (QED) is 0.742. The van der Waals surface area contributed by atoms with Crippen molar-refractivity contribution in [3.63, 3.8) is 0 Å². The standard InChI is InChI=1S/C12H11BrIN3/c1-7-2-3-9(14)5-11(7)17-12-10(15)4-8(13)6-16-12/h2-6H,15H2,1H3,(H,16,17). The molecule has 0 unspecified atom stereocenters. The van der Waals surface area contributed by atoms with Crippen LogP contribution in [0.5, 0.6) is 0 Å². The van der Waals surface area contributed by atoms with Gasteiger partial charge in [-0.25, -0.2) is 4.98 Å². The van der Waals surface area contributed by atoms with Crippen LogP contribution in [0.15, 0.2) is 34.9 Å². The van der Waals surface area contributed by atoms with Gasteiger partial charge in [0.25, 0.3) is 0 Å². The Kier molecular flexibility index (Phi) is 3.88. The van der Waals surface area contributed by atoms with Crippen LogP contribution < -0.4 is 11.1 Å². The SMILES string of the molecule is Cc1ccc(I)cc1Nc1ncc(Br)cc1N. The lowest BCUT2D eigenvalue weighted by molar-refractivity contribution is 1.28. The van der Waals surface area contributed by atoms with Crippen LogP contribution in [-0.4, -0.2) is 4.98 Å². The second kappa shape index (κ2) is 5.22. The first-order valence-electron chi connectivity index (χ1n) is 5.00. The third-order valence-electron chi connectivity index (χ3n) is 2.34. The number of nitrogens with one attached hydrogen (secondary N) is 1. The molecule has 0 saturated heterocycles. The number of benzene rings is 1.